The number of rotatable bonds is 1. The first-order valence-electron chi connectivity index (χ1n) is 4.89. The van der Waals surface area contributed by atoms with Crippen molar-refractivity contribution < 1.29 is 13.6 Å². The van der Waals surface area contributed by atoms with Crippen LogP contribution in [0.25, 0.3) is 0 Å². The van der Waals surface area contributed by atoms with E-state index in [1.165, 1.54) is 12.3 Å². The van der Waals surface area contributed by atoms with Crippen LogP contribution in [0.5, 0.6) is 0 Å². The molecule has 90 valence electrons. The summed E-state index contributed by atoms with van der Waals surface area (Å²) in [6.45, 7) is 0.614. The van der Waals surface area contributed by atoms with Gasteiger partial charge in [0.1, 0.15) is 5.69 Å². The van der Waals surface area contributed by atoms with E-state index in [1.54, 1.807) is 0 Å². The normalized spacial score (nSPS) is 18.4. The number of aromatic amines is 1. The van der Waals surface area contributed by atoms with Gasteiger partial charge in [-0.05, 0) is 19.0 Å². The number of halogens is 2. The van der Waals surface area contributed by atoms with Gasteiger partial charge in [0.15, 0.2) is 0 Å². The smallest absolute Gasteiger partial charge is 0.266 e. The van der Waals surface area contributed by atoms with Crippen molar-refractivity contribution in [1.82, 2.24) is 15.5 Å². The fourth-order valence-electron chi connectivity index (χ4n) is 1.22. The van der Waals surface area contributed by atoms with E-state index in [9.17, 15) is 13.6 Å². The Bertz CT molecular complexity index is 318. The van der Waals surface area contributed by atoms with Gasteiger partial charge in [-0.15, -0.1) is 0 Å². The highest BCUT2D eigenvalue weighted by Crippen LogP contribution is 2.21. The van der Waals surface area contributed by atoms with Crippen LogP contribution in [0.4, 0.5) is 8.78 Å². The van der Waals surface area contributed by atoms with Crippen molar-refractivity contribution in [3.63, 3.8) is 0 Å². The van der Waals surface area contributed by atoms with Crippen molar-refractivity contribution in [2.75, 3.05) is 13.1 Å². The highest BCUT2D eigenvalue weighted by atomic mass is 19.3. The molecule has 1 saturated heterocycles. The largest absolute Gasteiger partial charge is 0.364 e. The van der Waals surface area contributed by atoms with E-state index >= 15 is 0 Å². The summed E-state index contributed by atoms with van der Waals surface area (Å²) >= 11 is 0. The molecule has 2 heterocycles. The Morgan fingerprint density at radius 1 is 1.56 bits per heavy atom. The molecule has 0 aliphatic carbocycles. The van der Waals surface area contributed by atoms with E-state index in [4.69, 9.17) is 5.73 Å². The summed E-state index contributed by atoms with van der Waals surface area (Å²) in [5, 5.41) is 8.55. The molecule has 1 aromatic rings. The number of alkyl halides is 2. The van der Waals surface area contributed by atoms with Crippen LogP contribution in [-0.4, -0.2) is 35.1 Å². The number of carbonyl (C=O) groups excluding carboxylic acids is 1. The molecule has 16 heavy (non-hydrogen) atoms. The number of primary amides is 1. The molecule has 1 amide bonds. The Morgan fingerprint density at radius 2 is 2.31 bits per heavy atom. The maximum absolute atomic E-state index is 12.1. The van der Waals surface area contributed by atoms with Crippen molar-refractivity contribution in [2.45, 2.75) is 18.8 Å². The summed E-state index contributed by atoms with van der Waals surface area (Å²) in [5.74, 6) is -2.92. The van der Waals surface area contributed by atoms with E-state index < -0.39 is 11.8 Å². The van der Waals surface area contributed by atoms with Crippen LogP contribution in [0.1, 0.15) is 23.3 Å². The molecule has 0 radical (unpaired) electrons. The predicted molar refractivity (Wildman–Crippen MR) is 54.2 cm³/mol. The van der Waals surface area contributed by atoms with Crippen LogP contribution in [-0.2, 0) is 0 Å². The minimum Gasteiger partial charge on any atom is -0.364 e. The first-order valence-corrected chi connectivity index (χ1v) is 4.89. The first kappa shape index (κ1) is 12.6. The third-order valence-electron chi connectivity index (χ3n) is 2.05. The Labute approximate surface area is 91.4 Å². The zero-order valence-corrected chi connectivity index (χ0v) is 8.67. The number of H-pyrrole nitrogens is 1. The fraction of sp³-hybridized carbons (Fsp3) is 0.556. The lowest BCUT2D eigenvalue weighted by Gasteiger charge is -2.21. The topological polar surface area (TPSA) is 83.8 Å². The fourth-order valence-corrected chi connectivity index (χ4v) is 1.22. The third kappa shape index (κ3) is 4.35. The van der Waals surface area contributed by atoms with Gasteiger partial charge in [0, 0.05) is 12.6 Å². The number of amides is 1. The lowest BCUT2D eigenvalue weighted by molar-refractivity contribution is -0.0208. The molecule has 0 saturated carbocycles. The molecule has 4 N–H and O–H groups in total. The van der Waals surface area contributed by atoms with Crippen LogP contribution < -0.4 is 11.1 Å². The molecule has 2 rings (SSSR count). The van der Waals surface area contributed by atoms with E-state index in [-0.39, 0.29) is 13.0 Å². The number of piperidine rings is 1. The Balaban J connectivity index is 0.000000160. The van der Waals surface area contributed by atoms with E-state index in [2.05, 4.69) is 15.5 Å². The lowest BCUT2D eigenvalue weighted by atomic mass is 10.1. The zero-order valence-electron chi connectivity index (χ0n) is 8.67. The number of nitrogens with zero attached hydrogens (tertiary/aromatic N) is 1. The Morgan fingerprint density at radius 3 is 2.56 bits per heavy atom. The third-order valence-corrected chi connectivity index (χ3v) is 2.05. The average Bonchev–Trinajstić information content (AvgIpc) is 2.70. The van der Waals surface area contributed by atoms with Gasteiger partial charge in [-0.2, -0.15) is 5.10 Å². The monoisotopic (exact) mass is 232 g/mol. The predicted octanol–water partition coefficient (Wildman–Crippen LogP) is 0.514. The van der Waals surface area contributed by atoms with E-state index in [1.807, 2.05) is 0 Å². The maximum atomic E-state index is 12.1. The molecule has 1 aromatic heterocycles. The number of carbonyl (C=O) groups is 1. The molecule has 0 atom stereocenters. The number of nitrogens with two attached hydrogens (primary N) is 1. The quantitative estimate of drug-likeness (QED) is 0.659. The maximum Gasteiger partial charge on any atom is 0.266 e. The van der Waals surface area contributed by atoms with Crippen molar-refractivity contribution in [3.05, 3.63) is 18.0 Å². The standard InChI is InChI=1S/C5H9F2N.C4H5N3O/c6-5(7)2-1-3-8-4-5;5-4(8)3-1-2-6-7-3/h8H,1-4H2;1-2H,(H2,5,8)(H,6,7). The van der Waals surface area contributed by atoms with Gasteiger partial charge in [-0.1, -0.05) is 0 Å². The van der Waals surface area contributed by atoms with Crippen molar-refractivity contribution in [3.8, 4) is 0 Å². The van der Waals surface area contributed by atoms with Gasteiger partial charge in [-0.3, -0.25) is 9.89 Å². The second-order valence-corrected chi connectivity index (χ2v) is 3.47. The Hall–Kier alpha value is -1.50. The second kappa shape index (κ2) is 5.55. The van der Waals surface area contributed by atoms with Crippen molar-refractivity contribution in [1.29, 1.82) is 0 Å². The summed E-state index contributed by atoms with van der Waals surface area (Å²) in [5.41, 5.74) is 5.19. The van der Waals surface area contributed by atoms with Gasteiger partial charge in [-0.25, -0.2) is 8.78 Å². The minimum atomic E-state index is -2.43. The summed E-state index contributed by atoms with van der Waals surface area (Å²) < 4.78 is 24.3. The average molecular weight is 232 g/mol. The van der Waals surface area contributed by atoms with Gasteiger partial charge >= 0.3 is 0 Å². The number of aromatic nitrogens is 2. The van der Waals surface area contributed by atoms with Gasteiger partial charge < -0.3 is 11.1 Å². The molecule has 1 aliphatic rings. The van der Waals surface area contributed by atoms with Crippen LogP contribution in [0.3, 0.4) is 0 Å². The van der Waals surface area contributed by atoms with Crippen LogP contribution in [0.2, 0.25) is 0 Å². The minimum absolute atomic E-state index is 0.0556. The second-order valence-electron chi connectivity index (χ2n) is 3.47. The van der Waals surface area contributed by atoms with Gasteiger partial charge in [0.25, 0.3) is 11.8 Å². The highest BCUT2D eigenvalue weighted by Gasteiger charge is 2.30. The van der Waals surface area contributed by atoms with Crippen molar-refractivity contribution in [2.24, 2.45) is 5.73 Å². The molecular formula is C9H14F2N4O. The van der Waals surface area contributed by atoms with Gasteiger partial charge in [0.05, 0.1) is 6.54 Å². The molecule has 7 heteroatoms. The molecular weight excluding hydrogens is 218 g/mol. The summed E-state index contributed by atoms with van der Waals surface area (Å²) in [6, 6.07) is 1.52. The molecule has 5 nitrogen and oxygen atoms in total. The molecule has 0 unspecified atom stereocenters. The number of nitrogens with one attached hydrogen (secondary N) is 2. The summed E-state index contributed by atoms with van der Waals surface area (Å²) in [6.07, 6.45) is 2.13. The highest BCUT2D eigenvalue weighted by molar-refractivity contribution is 5.90. The molecule has 0 aromatic carbocycles. The molecule has 1 fully saturated rings. The van der Waals surface area contributed by atoms with Gasteiger partial charge in [0.2, 0.25) is 0 Å². The molecule has 0 bridgehead atoms. The molecule has 0 spiro atoms. The summed E-state index contributed by atoms with van der Waals surface area (Å²) in [7, 11) is 0. The first-order chi connectivity index (χ1) is 7.51. The SMILES string of the molecule is FC1(F)CCCNC1.NC(=O)c1ccn[nH]1. The van der Waals surface area contributed by atoms with E-state index in [0.717, 1.165) is 6.54 Å². The zero-order chi connectivity index (χ0) is 12.0. The lowest BCUT2D eigenvalue weighted by Crippen LogP contribution is -2.38. The Kier molecular flexibility index (Phi) is 4.36. The van der Waals surface area contributed by atoms with Crippen LogP contribution in [0.15, 0.2) is 12.3 Å². The molecule has 1 aliphatic heterocycles. The number of hydrogen-bond donors (Lipinski definition) is 3. The van der Waals surface area contributed by atoms with E-state index in [0.29, 0.717) is 12.1 Å². The van der Waals surface area contributed by atoms with Crippen molar-refractivity contribution >= 4 is 5.91 Å². The summed E-state index contributed by atoms with van der Waals surface area (Å²) in [4.78, 5) is 10.2. The van der Waals surface area contributed by atoms with Crippen LogP contribution >= 0.6 is 0 Å². The number of hydrogen-bond acceptors (Lipinski definition) is 3. The van der Waals surface area contributed by atoms with Crippen LogP contribution in [0, 0.1) is 0 Å².